The molecule has 1 aromatic carbocycles. The number of rotatable bonds is 7. The minimum absolute atomic E-state index is 0. The predicted octanol–water partition coefficient (Wildman–Crippen LogP) is 3.89. The molecule has 2 N–H and O–H groups in total. The molecule has 0 aromatic heterocycles. The van der Waals surface area contributed by atoms with E-state index in [1.165, 1.54) is 0 Å². The summed E-state index contributed by atoms with van der Waals surface area (Å²) in [5.41, 5.74) is 6.75. The second kappa shape index (κ2) is 10.0. The van der Waals surface area contributed by atoms with Crippen LogP contribution in [0.15, 0.2) is 18.2 Å². The molecule has 0 bridgehead atoms. The third kappa shape index (κ3) is 5.52. The molecule has 1 aromatic rings. The number of unbranched alkanes of at least 4 members (excludes halogenated alkanes) is 1. The lowest BCUT2D eigenvalue weighted by Gasteiger charge is -2.42. The summed E-state index contributed by atoms with van der Waals surface area (Å²) in [5, 5.41) is 0. The van der Waals surface area contributed by atoms with Gasteiger partial charge in [-0.3, -0.25) is 4.79 Å². The van der Waals surface area contributed by atoms with Gasteiger partial charge in [0.05, 0.1) is 13.2 Å². The largest absolute Gasteiger partial charge is 0.490 e. The molecule has 0 aliphatic carbocycles. The summed E-state index contributed by atoms with van der Waals surface area (Å²) in [5.74, 6) is 1.37. The van der Waals surface area contributed by atoms with Gasteiger partial charge in [0.25, 0.3) is 5.91 Å². The van der Waals surface area contributed by atoms with E-state index in [0.717, 1.165) is 19.3 Å². The lowest BCUT2D eigenvalue weighted by atomic mass is 9.79. The molecule has 2 rings (SSSR count). The maximum atomic E-state index is 12.9. The van der Waals surface area contributed by atoms with Crippen molar-refractivity contribution in [3.05, 3.63) is 23.8 Å². The van der Waals surface area contributed by atoms with Crippen molar-refractivity contribution in [1.82, 2.24) is 4.90 Å². The van der Waals surface area contributed by atoms with Crippen LogP contribution < -0.4 is 15.2 Å². The molecule has 5 nitrogen and oxygen atoms in total. The van der Waals surface area contributed by atoms with Crippen molar-refractivity contribution in [3.63, 3.8) is 0 Å². The molecular formula is C20H33ClN2O3. The molecule has 6 heteroatoms. The fraction of sp³-hybridized carbons (Fsp3) is 0.650. The summed E-state index contributed by atoms with van der Waals surface area (Å²) in [4.78, 5) is 14.8. The summed E-state index contributed by atoms with van der Waals surface area (Å²) in [6, 6.07) is 5.60. The van der Waals surface area contributed by atoms with Crippen molar-refractivity contribution in [2.24, 2.45) is 11.1 Å². The van der Waals surface area contributed by atoms with E-state index in [2.05, 4.69) is 20.8 Å². The maximum Gasteiger partial charge on any atom is 0.254 e. The van der Waals surface area contributed by atoms with Gasteiger partial charge in [0.1, 0.15) is 0 Å². The fourth-order valence-corrected chi connectivity index (χ4v) is 3.08. The van der Waals surface area contributed by atoms with Gasteiger partial charge in [0.2, 0.25) is 0 Å². The van der Waals surface area contributed by atoms with Crippen molar-refractivity contribution in [1.29, 1.82) is 0 Å². The Morgan fingerprint density at radius 1 is 1.27 bits per heavy atom. The molecule has 0 radical (unpaired) electrons. The van der Waals surface area contributed by atoms with Gasteiger partial charge in [-0.25, -0.2) is 0 Å². The molecule has 1 aliphatic rings. The molecule has 0 saturated carbocycles. The van der Waals surface area contributed by atoms with Crippen LogP contribution in [0.2, 0.25) is 0 Å². The van der Waals surface area contributed by atoms with Crippen LogP contribution in [-0.2, 0) is 0 Å². The number of hydrogen-bond donors (Lipinski definition) is 1. The lowest BCUT2D eigenvalue weighted by molar-refractivity contribution is 0.0532. The summed E-state index contributed by atoms with van der Waals surface area (Å²) >= 11 is 0. The Balaban J connectivity index is 0.00000338. The van der Waals surface area contributed by atoms with Crippen LogP contribution in [0.3, 0.4) is 0 Å². The summed E-state index contributed by atoms with van der Waals surface area (Å²) in [6.45, 7) is 10.9. The van der Waals surface area contributed by atoms with E-state index >= 15 is 0 Å². The number of piperidine rings is 1. The monoisotopic (exact) mass is 384 g/mol. The summed E-state index contributed by atoms with van der Waals surface area (Å²) < 4.78 is 11.5. The number of carbonyl (C=O) groups excluding carboxylic acids is 1. The van der Waals surface area contributed by atoms with Crippen molar-refractivity contribution < 1.29 is 14.3 Å². The van der Waals surface area contributed by atoms with Crippen LogP contribution >= 0.6 is 12.4 Å². The topological polar surface area (TPSA) is 64.8 Å². The molecule has 1 aliphatic heterocycles. The average Bonchev–Trinajstić information content (AvgIpc) is 2.58. The van der Waals surface area contributed by atoms with Crippen LogP contribution in [0.1, 0.15) is 57.3 Å². The highest BCUT2D eigenvalue weighted by Gasteiger charge is 2.35. The van der Waals surface area contributed by atoms with Crippen LogP contribution in [0, 0.1) is 5.41 Å². The molecule has 1 atom stereocenters. The number of halogens is 1. The highest BCUT2D eigenvalue weighted by Crippen LogP contribution is 2.32. The first-order chi connectivity index (χ1) is 11.9. The number of benzene rings is 1. The van der Waals surface area contributed by atoms with Crippen LogP contribution in [0.25, 0.3) is 0 Å². The Morgan fingerprint density at radius 2 is 2.00 bits per heavy atom. The molecule has 1 fully saturated rings. The highest BCUT2D eigenvalue weighted by molar-refractivity contribution is 5.95. The van der Waals surface area contributed by atoms with E-state index in [0.29, 0.717) is 43.4 Å². The van der Waals surface area contributed by atoms with E-state index in [-0.39, 0.29) is 29.8 Å². The predicted molar refractivity (Wildman–Crippen MR) is 108 cm³/mol. The highest BCUT2D eigenvalue weighted by atomic mass is 35.5. The minimum Gasteiger partial charge on any atom is -0.490 e. The fourth-order valence-electron chi connectivity index (χ4n) is 3.08. The standard InChI is InChI=1S/C20H32N2O3.ClH/c1-5-7-12-25-16-9-8-15(13-17(16)24-6-2)19(23)22-11-10-18(21)20(3,4)14-22;/h8-9,13,18H,5-7,10-12,14,21H2,1-4H3;1H. The van der Waals surface area contributed by atoms with Crippen molar-refractivity contribution in [2.45, 2.75) is 53.0 Å². The minimum atomic E-state index is -0.0696. The average molecular weight is 385 g/mol. The SMILES string of the molecule is CCCCOc1ccc(C(=O)N2CCC(N)C(C)(C)C2)cc1OCC.Cl. The molecule has 1 unspecified atom stereocenters. The third-order valence-corrected chi connectivity index (χ3v) is 4.85. The number of amides is 1. The van der Waals surface area contributed by atoms with Crippen LogP contribution in [-0.4, -0.2) is 43.2 Å². The Labute approximate surface area is 163 Å². The smallest absolute Gasteiger partial charge is 0.254 e. The normalized spacial score (nSPS) is 18.8. The quantitative estimate of drug-likeness (QED) is 0.724. The second-order valence-corrected chi connectivity index (χ2v) is 7.41. The molecule has 1 saturated heterocycles. The second-order valence-electron chi connectivity index (χ2n) is 7.41. The van der Waals surface area contributed by atoms with E-state index < -0.39 is 0 Å². The molecular weight excluding hydrogens is 352 g/mol. The Kier molecular flexibility index (Phi) is 8.71. The van der Waals surface area contributed by atoms with Crippen LogP contribution in [0.5, 0.6) is 11.5 Å². The Morgan fingerprint density at radius 3 is 2.62 bits per heavy atom. The molecule has 148 valence electrons. The molecule has 26 heavy (non-hydrogen) atoms. The number of ether oxygens (including phenoxy) is 2. The van der Waals surface area contributed by atoms with Gasteiger partial charge >= 0.3 is 0 Å². The molecule has 0 spiro atoms. The first-order valence-electron chi connectivity index (χ1n) is 9.33. The van der Waals surface area contributed by atoms with E-state index in [4.69, 9.17) is 15.2 Å². The number of nitrogens with zero attached hydrogens (tertiary/aromatic N) is 1. The molecule has 1 amide bonds. The zero-order valence-corrected chi connectivity index (χ0v) is 17.2. The van der Waals surface area contributed by atoms with E-state index in [9.17, 15) is 4.79 Å². The first-order valence-corrected chi connectivity index (χ1v) is 9.33. The van der Waals surface area contributed by atoms with Gasteiger partial charge < -0.3 is 20.1 Å². The van der Waals surface area contributed by atoms with Crippen molar-refractivity contribution in [2.75, 3.05) is 26.3 Å². The van der Waals surface area contributed by atoms with Gasteiger partial charge in [-0.2, -0.15) is 0 Å². The van der Waals surface area contributed by atoms with Crippen LogP contribution in [0.4, 0.5) is 0 Å². The number of carbonyl (C=O) groups is 1. The van der Waals surface area contributed by atoms with E-state index in [1.807, 2.05) is 24.0 Å². The van der Waals surface area contributed by atoms with Gasteiger partial charge in [0, 0.05) is 24.7 Å². The van der Waals surface area contributed by atoms with Crippen molar-refractivity contribution >= 4 is 18.3 Å². The first kappa shape index (κ1) is 22.6. The zero-order valence-electron chi connectivity index (χ0n) is 16.4. The number of hydrogen-bond acceptors (Lipinski definition) is 4. The van der Waals surface area contributed by atoms with Gasteiger partial charge in [-0.05, 0) is 43.4 Å². The summed E-state index contributed by atoms with van der Waals surface area (Å²) in [7, 11) is 0. The number of likely N-dealkylation sites (tertiary alicyclic amines) is 1. The van der Waals surface area contributed by atoms with Gasteiger partial charge in [-0.15, -0.1) is 12.4 Å². The van der Waals surface area contributed by atoms with E-state index in [1.54, 1.807) is 6.07 Å². The Bertz CT molecular complexity index is 592. The number of nitrogens with two attached hydrogens (primary N) is 1. The lowest BCUT2D eigenvalue weighted by Crippen LogP contribution is -2.54. The Hall–Kier alpha value is -1.46. The zero-order chi connectivity index (χ0) is 18.4. The van der Waals surface area contributed by atoms with Gasteiger partial charge in [-0.1, -0.05) is 27.2 Å². The maximum absolute atomic E-state index is 12.9. The molecule has 1 heterocycles. The van der Waals surface area contributed by atoms with Gasteiger partial charge in [0.15, 0.2) is 11.5 Å². The summed E-state index contributed by atoms with van der Waals surface area (Å²) in [6.07, 6.45) is 2.90. The van der Waals surface area contributed by atoms with Crippen molar-refractivity contribution in [3.8, 4) is 11.5 Å². The third-order valence-electron chi connectivity index (χ3n) is 4.85.